The summed E-state index contributed by atoms with van der Waals surface area (Å²) in [7, 11) is 1.50. The predicted molar refractivity (Wildman–Crippen MR) is 80.2 cm³/mol. The van der Waals surface area contributed by atoms with Crippen LogP contribution in [0.4, 0.5) is 5.69 Å². The van der Waals surface area contributed by atoms with E-state index in [1.165, 1.54) is 7.11 Å². The van der Waals surface area contributed by atoms with Gasteiger partial charge in [0.05, 0.1) is 12.7 Å². The number of hydrogen-bond donors (Lipinski definition) is 2. The zero-order chi connectivity index (χ0) is 15.2. The number of methoxy groups -OCH3 is 1. The van der Waals surface area contributed by atoms with Crippen molar-refractivity contribution in [1.82, 2.24) is 10.2 Å². The van der Waals surface area contributed by atoms with E-state index in [1.807, 2.05) is 4.90 Å². The van der Waals surface area contributed by atoms with Crippen LogP contribution in [0.1, 0.15) is 29.6 Å². The van der Waals surface area contributed by atoms with Crippen molar-refractivity contribution in [2.45, 2.75) is 19.3 Å². The first-order chi connectivity index (χ1) is 10.1. The number of carbonyl (C=O) groups is 2. The fourth-order valence-electron chi connectivity index (χ4n) is 2.41. The van der Waals surface area contributed by atoms with Crippen molar-refractivity contribution < 1.29 is 14.3 Å². The Hall–Kier alpha value is -2.24. The Labute approximate surface area is 124 Å². The molecule has 6 heteroatoms. The van der Waals surface area contributed by atoms with Crippen LogP contribution in [0.5, 0.6) is 5.75 Å². The standard InChI is InChI=1S/C15H21N3O3/c1-21-13-5-4-11(16)10-12(13)15(20)17-7-6-14(19)18-8-2-3-9-18/h4-5,10H,2-3,6-9,16H2,1H3,(H,17,20). The molecule has 0 radical (unpaired) electrons. The minimum Gasteiger partial charge on any atom is -0.496 e. The lowest BCUT2D eigenvalue weighted by molar-refractivity contribution is -0.129. The van der Waals surface area contributed by atoms with E-state index in [9.17, 15) is 9.59 Å². The van der Waals surface area contributed by atoms with Gasteiger partial charge in [-0.3, -0.25) is 9.59 Å². The van der Waals surface area contributed by atoms with Crippen molar-refractivity contribution in [2.75, 3.05) is 32.5 Å². The van der Waals surface area contributed by atoms with Crippen molar-refractivity contribution in [3.05, 3.63) is 23.8 Å². The van der Waals surface area contributed by atoms with Crippen LogP contribution in [0.2, 0.25) is 0 Å². The van der Waals surface area contributed by atoms with Crippen LogP contribution in [0.3, 0.4) is 0 Å². The van der Waals surface area contributed by atoms with Gasteiger partial charge in [-0.2, -0.15) is 0 Å². The lowest BCUT2D eigenvalue weighted by Gasteiger charge is -2.15. The van der Waals surface area contributed by atoms with Crippen LogP contribution in [-0.4, -0.2) is 43.5 Å². The van der Waals surface area contributed by atoms with Gasteiger partial charge in [0.15, 0.2) is 0 Å². The van der Waals surface area contributed by atoms with Crippen molar-refractivity contribution in [2.24, 2.45) is 0 Å². The van der Waals surface area contributed by atoms with Crippen molar-refractivity contribution in [3.63, 3.8) is 0 Å². The molecule has 21 heavy (non-hydrogen) atoms. The largest absolute Gasteiger partial charge is 0.496 e. The number of nitrogens with two attached hydrogens (primary N) is 1. The molecule has 1 fully saturated rings. The van der Waals surface area contributed by atoms with Crippen molar-refractivity contribution >= 4 is 17.5 Å². The highest BCUT2D eigenvalue weighted by atomic mass is 16.5. The second-order valence-corrected chi connectivity index (χ2v) is 5.05. The molecule has 1 heterocycles. The SMILES string of the molecule is COc1ccc(N)cc1C(=O)NCCC(=O)N1CCCC1. The number of nitrogens with one attached hydrogen (secondary N) is 1. The summed E-state index contributed by atoms with van der Waals surface area (Å²) in [5.74, 6) is 0.272. The summed E-state index contributed by atoms with van der Waals surface area (Å²) in [4.78, 5) is 25.8. The number of ether oxygens (including phenoxy) is 1. The summed E-state index contributed by atoms with van der Waals surface area (Å²) in [5, 5.41) is 2.73. The van der Waals surface area contributed by atoms with Gasteiger partial charge in [0.2, 0.25) is 5.91 Å². The topological polar surface area (TPSA) is 84.7 Å². The number of amides is 2. The Bertz CT molecular complexity index is 525. The van der Waals surface area contributed by atoms with Crippen molar-refractivity contribution in [3.8, 4) is 5.75 Å². The molecule has 0 aliphatic carbocycles. The summed E-state index contributed by atoms with van der Waals surface area (Å²) in [6, 6.07) is 4.89. The molecule has 6 nitrogen and oxygen atoms in total. The van der Waals surface area contributed by atoms with Gasteiger partial charge in [-0.25, -0.2) is 0 Å². The maximum absolute atomic E-state index is 12.1. The minimum absolute atomic E-state index is 0.0901. The molecule has 1 aliphatic rings. The zero-order valence-electron chi connectivity index (χ0n) is 12.2. The third-order valence-electron chi connectivity index (χ3n) is 3.55. The first kappa shape index (κ1) is 15.2. The van der Waals surface area contributed by atoms with E-state index in [1.54, 1.807) is 18.2 Å². The molecule has 3 N–H and O–H groups in total. The van der Waals surface area contributed by atoms with Crippen molar-refractivity contribution in [1.29, 1.82) is 0 Å². The molecule has 2 rings (SSSR count). The highest BCUT2D eigenvalue weighted by Gasteiger charge is 2.18. The van der Waals surface area contributed by atoms with Crippen LogP contribution in [0.15, 0.2) is 18.2 Å². The molecule has 1 saturated heterocycles. The van der Waals surface area contributed by atoms with Gasteiger partial charge >= 0.3 is 0 Å². The Morgan fingerprint density at radius 2 is 2.05 bits per heavy atom. The zero-order valence-corrected chi connectivity index (χ0v) is 12.2. The lowest BCUT2D eigenvalue weighted by atomic mass is 10.1. The number of nitrogen functional groups attached to an aromatic ring is 1. The molecule has 0 saturated carbocycles. The molecule has 1 aromatic rings. The maximum Gasteiger partial charge on any atom is 0.255 e. The number of benzene rings is 1. The molecular weight excluding hydrogens is 270 g/mol. The Morgan fingerprint density at radius 1 is 1.33 bits per heavy atom. The third kappa shape index (κ3) is 3.87. The van der Waals surface area contributed by atoms with E-state index in [0.29, 0.717) is 30.0 Å². The van der Waals surface area contributed by atoms with Gasteiger partial charge in [0.25, 0.3) is 5.91 Å². The molecule has 0 aromatic heterocycles. The highest BCUT2D eigenvalue weighted by molar-refractivity contribution is 5.98. The van der Waals surface area contributed by atoms with Crippen LogP contribution in [-0.2, 0) is 4.79 Å². The van der Waals surface area contributed by atoms with Crippen LogP contribution in [0, 0.1) is 0 Å². The van der Waals surface area contributed by atoms with Gasteiger partial charge in [0.1, 0.15) is 5.75 Å². The first-order valence-corrected chi connectivity index (χ1v) is 7.11. The number of hydrogen-bond acceptors (Lipinski definition) is 4. The Balaban J connectivity index is 1.87. The van der Waals surface area contributed by atoms with Gasteiger partial charge in [0, 0.05) is 31.7 Å². The second-order valence-electron chi connectivity index (χ2n) is 5.05. The molecule has 0 atom stereocenters. The van der Waals surface area contributed by atoms with E-state index in [-0.39, 0.29) is 11.8 Å². The minimum atomic E-state index is -0.284. The van der Waals surface area contributed by atoms with E-state index in [0.717, 1.165) is 25.9 Å². The summed E-state index contributed by atoms with van der Waals surface area (Å²) >= 11 is 0. The van der Waals surface area contributed by atoms with E-state index >= 15 is 0 Å². The van der Waals surface area contributed by atoms with Gasteiger partial charge in [-0.1, -0.05) is 0 Å². The van der Waals surface area contributed by atoms with E-state index in [2.05, 4.69) is 5.32 Å². The van der Waals surface area contributed by atoms with Crippen LogP contribution < -0.4 is 15.8 Å². The average molecular weight is 291 g/mol. The summed E-state index contributed by atoms with van der Waals surface area (Å²) in [5.41, 5.74) is 6.56. The first-order valence-electron chi connectivity index (χ1n) is 7.11. The van der Waals surface area contributed by atoms with Crippen LogP contribution in [0.25, 0.3) is 0 Å². The fraction of sp³-hybridized carbons (Fsp3) is 0.467. The third-order valence-corrected chi connectivity index (χ3v) is 3.55. The Morgan fingerprint density at radius 3 is 2.71 bits per heavy atom. The number of carbonyl (C=O) groups excluding carboxylic acids is 2. The van der Waals surface area contributed by atoms with Gasteiger partial charge in [-0.15, -0.1) is 0 Å². The monoisotopic (exact) mass is 291 g/mol. The Kier molecular flexibility index (Phi) is 5.03. The number of anilines is 1. The molecule has 0 unspecified atom stereocenters. The second kappa shape index (κ2) is 6.97. The summed E-state index contributed by atoms with van der Waals surface area (Å²) < 4.78 is 5.14. The molecule has 0 bridgehead atoms. The number of nitrogens with zero attached hydrogens (tertiary/aromatic N) is 1. The summed E-state index contributed by atoms with van der Waals surface area (Å²) in [6.45, 7) is 1.97. The van der Waals surface area contributed by atoms with Crippen LogP contribution >= 0.6 is 0 Å². The van der Waals surface area contributed by atoms with Gasteiger partial charge < -0.3 is 20.7 Å². The molecule has 1 aromatic carbocycles. The fourth-order valence-corrected chi connectivity index (χ4v) is 2.41. The smallest absolute Gasteiger partial charge is 0.255 e. The number of likely N-dealkylation sites (tertiary alicyclic amines) is 1. The average Bonchev–Trinajstić information content (AvgIpc) is 3.01. The predicted octanol–water partition coefficient (Wildman–Crippen LogP) is 1.02. The van der Waals surface area contributed by atoms with E-state index < -0.39 is 0 Å². The maximum atomic E-state index is 12.1. The quantitative estimate of drug-likeness (QED) is 0.793. The van der Waals surface area contributed by atoms with E-state index in [4.69, 9.17) is 10.5 Å². The number of rotatable bonds is 5. The molecule has 0 spiro atoms. The van der Waals surface area contributed by atoms with Gasteiger partial charge in [-0.05, 0) is 31.0 Å². The highest BCUT2D eigenvalue weighted by Crippen LogP contribution is 2.20. The normalized spacial score (nSPS) is 14.0. The molecule has 114 valence electrons. The molecular formula is C15H21N3O3. The lowest BCUT2D eigenvalue weighted by Crippen LogP contribution is -2.32. The molecule has 1 aliphatic heterocycles. The molecule has 2 amide bonds. The summed E-state index contributed by atoms with van der Waals surface area (Å²) in [6.07, 6.45) is 2.45.